The van der Waals surface area contributed by atoms with Crippen LogP contribution in [0.2, 0.25) is 10.3 Å². The number of carbonyl (C=O) groups is 1. The molecular formula is C10H13Cl2N3O. The number of hydrogen-bond donors (Lipinski definition) is 1. The summed E-state index contributed by atoms with van der Waals surface area (Å²) in [6.07, 6.45) is 1.73. The lowest BCUT2D eigenvalue weighted by Crippen LogP contribution is -2.34. The fourth-order valence-electron chi connectivity index (χ4n) is 1.27. The van der Waals surface area contributed by atoms with Gasteiger partial charge in [0.25, 0.3) is 5.91 Å². The summed E-state index contributed by atoms with van der Waals surface area (Å²) in [5, 5.41) is 10.2. The molecule has 0 aliphatic rings. The second-order valence-electron chi connectivity index (χ2n) is 3.36. The number of nitrogens with zero attached hydrogens (tertiary/aromatic N) is 2. The fraction of sp³-hybridized carbons (Fsp3) is 0.500. The molecule has 0 aromatic carbocycles. The second-order valence-corrected chi connectivity index (χ2v) is 4.10. The summed E-state index contributed by atoms with van der Waals surface area (Å²) >= 11 is 11.4. The number of carbonyl (C=O) groups excluding carboxylic acids is 1. The van der Waals surface area contributed by atoms with Crippen molar-refractivity contribution in [1.82, 2.24) is 15.5 Å². The summed E-state index contributed by atoms with van der Waals surface area (Å²) < 4.78 is 0. The van der Waals surface area contributed by atoms with Crippen LogP contribution in [-0.2, 0) is 0 Å². The molecule has 0 radical (unpaired) electrons. The molecule has 1 N–H and O–H groups in total. The lowest BCUT2D eigenvalue weighted by Gasteiger charge is -2.14. The minimum absolute atomic E-state index is 0.0628. The predicted molar refractivity (Wildman–Crippen MR) is 63.9 cm³/mol. The van der Waals surface area contributed by atoms with Crippen LogP contribution in [-0.4, -0.2) is 22.1 Å². The van der Waals surface area contributed by atoms with Gasteiger partial charge >= 0.3 is 0 Å². The lowest BCUT2D eigenvalue weighted by atomic mass is 10.1. The van der Waals surface area contributed by atoms with E-state index in [0.717, 1.165) is 12.8 Å². The molecule has 0 saturated carbocycles. The van der Waals surface area contributed by atoms with Crippen LogP contribution in [0.4, 0.5) is 0 Å². The highest BCUT2D eigenvalue weighted by Gasteiger charge is 2.15. The highest BCUT2D eigenvalue weighted by molar-refractivity contribution is 6.34. The smallest absolute Gasteiger partial charge is 0.254 e. The van der Waals surface area contributed by atoms with Crippen molar-refractivity contribution < 1.29 is 4.79 Å². The van der Waals surface area contributed by atoms with Gasteiger partial charge in [0.1, 0.15) is 0 Å². The zero-order valence-electron chi connectivity index (χ0n) is 9.13. The van der Waals surface area contributed by atoms with Gasteiger partial charge in [-0.2, -0.15) is 0 Å². The SMILES string of the molecule is CCC(CC)NC(=O)c1cc(Cl)nnc1Cl. The largest absolute Gasteiger partial charge is 0.349 e. The molecule has 0 fully saturated rings. The van der Waals surface area contributed by atoms with E-state index in [0.29, 0.717) is 0 Å². The Balaban J connectivity index is 2.83. The van der Waals surface area contributed by atoms with Crippen LogP contribution in [0.1, 0.15) is 37.0 Å². The van der Waals surface area contributed by atoms with Crippen LogP contribution in [0, 0.1) is 0 Å². The van der Waals surface area contributed by atoms with Crippen molar-refractivity contribution in [2.24, 2.45) is 0 Å². The summed E-state index contributed by atoms with van der Waals surface area (Å²) in [4.78, 5) is 11.8. The molecule has 0 aliphatic heterocycles. The molecule has 1 rings (SSSR count). The third-order valence-corrected chi connectivity index (χ3v) is 2.75. The summed E-state index contributed by atoms with van der Waals surface area (Å²) in [6, 6.07) is 1.55. The Morgan fingerprint density at radius 2 is 2.00 bits per heavy atom. The van der Waals surface area contributed by atoms with E-state index in [9.17, 15) is 4.79 Å². The Hall–Kier alpha value is -0.870. The maximum absolute atomic E-state index is 11.8. The van der Waals surface area contributed by atoms with E-state index in [4.69, 9.17) is 23.2 Å². The van der Waals surface area contributed by atoms with Gasteiger partial charge in [0.15, 0.2) is 10.3 Å². The zero-order chi connectivity index (χ0) is 12.1. The van der Waals surface area contributed by atoms with Gasteiger partial charge in [0.05, 0.1) is 5.56 Å². The molecule has 88 valence electrons. The molecule has 4 nitrogen and oxygen atoms in total. The van der Waals surface area contributed by atoms with E-state index in [2.05, 4.69) is 15.5 Å². The van der Waals surface area contributed by atoms with Gasteiger partial charge in [-0.15, -0.1) is 10.2 Å². The minimum atomic E-state index is -0.268. The van der Waals surface area contributed by atoms with E-state index < -0.39 is 0 Å². The normalized spacial score (nSPS) is 10.6. The highest BCUT2D eigenvalue weighted by Crippen LogP contribution is 2.15. The number of aromatic nitrogens is 2. The Morgan fingerprint density at radius 1 is 1.38 bits per heavy atom. The van der Waals surface area contributed by atoms with E-state index in [-0.39, 0.29) is 27.8 Å². The molecule has 0 aliphatic carbocycles. The van der Waals surface area contributed by atoms with Crippen LogP contribution in [0.15, 0.2) is 6.07 Å². The first-order valence-electron chi connectivity index (χ1n) is 5.08. The average molecular weight is 262 g/mol. The van der Waals surface area contributed by atoms with Crippen LogP contribution < -0.4 is 5.32 Å². The first kappa shape index (κ1) is 13.2. The third kappa shape index (κ3) is 3.32. The van der Waals surface area contributed by atoms with Gasteiger partial charge < -0.3 is 5.32 Å². The summed E-state index contributed by atoms with van der Waals surface area (Å²) in [7, 11) is 0. The van der Waals surface area contributed by atoms with Crippen molar-refractivity contribution in [2.75, 3.05) is 0 Å². The van der Waals surface area contributed by atoms with Gasteiger partial charge in [-0.3, -0.25) is 4.79 Å². The molecule has 1 amide bonds. The number of amides is 1. The van der Waals surface area contributed by atoms with E-state index in [1.165, 1.54) is 6.07 Å². The Bertz CT molecular complexity index is 380. The van der Waals surface area contributed by atoms with Crippen molar-refractivity contribution >= 4 is 29.1 Å². The number of hydrogen-bond acceptors (Lipinski definition) is 3. The maximum Gasteiger partial charge on any atom is 0.254 e. The quantitative estimate of drug-likeness (QED) is 0.907. The molecule has 16 heavy (non-hydrogen) atoms. The number of halogens is 2. The first-order chi connectivity index (χ1) is 7.58. The Kier molecular flexibility index (Phi) is 4.96. The predicted octanol–water partition coefficient (Wildman–Crippen LogP) is 2.70. The topological polar surface area (TPSA) is 54.9 Å². The van der Waals surface area contributed by atoms with Gasteiger partial charge in [-0.25, -0.2) is 0 Å². The minimum Gasteiger partial charge on any atom is -0.349 e. The summed E-state index contributed by atoms with van der Waals surface area (Å²) in [5.74, 6) is -0.268. The van der Waals surface area contributed by atoms with E-state index >= 15 is 0 Å². The Labute approximate surface area is 104 Å². The molecule has 0 atom stereocenters. The van der Waals surface area contributed by atoms with Gasteiger partial charge in [0, 0.05) is 6.04 Å². The van der Waals surface area contributed by atoms with Gasteiger partial charge in [0.2, 0.25) is 0 Å². The van der Waals surface area contributed by atoms with Crippen molar-refractivity contribution in [1.29, 1.82) is 0 Å². The summed E-state index contributed by atoms with van der Waals surface area (Å²) in [5.41, 5.74) is 0.258. The molecule has 6 heteroatoms. The van der Waals surface area contributed by atoms with E-state index in [1.807, 2.05) is 13.8 Å². The highest BCUT2D eigenvalue weighted by atomic mass is 35.5. The number of rotatable bonds is 4. The maximum atomic E-state index is 11.8. The first-order valence-corrected chi connectivity index (χ1v) is 5.83. The van der Waals surface area contributed by atoms with Crippen LogP contribution in [0.25, 0.3) is 0 Å². The molecule has 0 spiro atoms. The fourth-order valence-corrected chi connectivity index (χ4v) is 1.59. The number of nitrogens with one attached hydrogen (secondary N) is 1. The van der Waals surface area contributed by atoms with Crippen molar-refractivity contribution in [3.8, 4) is 0 Å². The van der Waals surface area contributed by atoms with Crippen LogP contribution in [0.3, 0.4) is 0 Å². The molecule has 0 unspecified atom stereocenters. The molecule has 1 heterocycles. The van der Waals surface area contributed by atoms with E-state index in [1.54, 1.807) is 0 Å². The van der Waals surface area contributed by atoms with Crippen LogP contribution >= 0.6 is 23.2 Å². The average Bonchev–Trinajstić information content (AvgIpc) is 2.28. The van der Waals surface area contributed by atoms with Crippen molar-refractivity contribution in [2.45, 2.75) is 32.7 Å². The Morgan fingerprint density at radius 3 is 2.56 bits per heavy atom. The molecular weight excluding hydrogens is 249 g/mol. The zero-order valence-corrected chi connectivity index (χ0v) is 10.6. The molecule has 0 bridgehead atoms. The molecule has 0 saturated heterocycles. The van der Waals surface area contributed by atoms with Gasteiger partial charge in [-0.1, -0.05) is 37.0 Å². The third-order valence-electron chi connectivity index (χ3n) is 2.28. The molecule has 1 aromatic heterocycles. The standard InChI is InChI=1S/C10H13Cl2N3O/c1-3-6(4-2)13-10(16)7-5-8(11)14-15-9(7)12/h5-6H,3-4H2,1-2H3,(H,13,16). The molecule has 1 aromatic rings. The van der Waals surface area contributed by atoms with Crippen molar-refractivity contribution in [3.05, 3.63) is 21.9 Å². The summed E-state index contributed by atoms with van der Waals surface area (Å²) in [6.45, 7) is 4.02. The monoisotopic (exact) mass is 261 g/mol. The van der Waals surface area contributed by atoms with Gasteiger partial charge in [-0.05, 0) is 18.9 Å². The lowest BCUT2D eigenvalue weighted by molar-refractivity contribution is 0.0934. The van der Waals surface area contributed by atoms with Crippen molar-refractivity contribution in [3.63, 3.8) is 0 Å². The van der Waals surface area contributed by atoms with Crippen LogP contribution in [0.5, 0.6) is 0 Å². The second kappa shape index (κ2) is 6.01.